The summed E-state index contributed by atoms with van der Waals surface area (Å²) in [7, 11) is 0. The number of nitrogens with zero attached hydrogens (tertiary/aromatic N) is 4. The highest BCUT2D eigenvalue weighted by molar-refractivity contribution is 6.06. The van der Waals surface area contributed by atoms with E-state index in [1.54, 1.807) is 24.5 Å². The first-order valence-corrected chi connectivity index (χ1v) is 10.4. The third-order valence-electron chi connectivity index (χ3n) is 5.79. The Balaban J connectivity index is 1.56. The van der Waals surface area contributed by atoms with E-state index in [1.807, 2.05) is 24.3 Å². The molecule has 0 unspecified atom stereocenters. The van der Waals surface area contributed by atoms with Crippen molar-refractivity contribution in [3.05, 3.63) is 66.1 Å². The van der Waals surface area contributed by atoms with Gasteiger partial charge >= 0.3 is 0 Å². The molecule has 3 aromatic rings. The van der Waals surface area contributed by atoms with Gasteiger partial charge in [0.25, 0.3) is 5.91 Å². The van der Waals surface area contributed by atoms with Crippen molar-refractivity contribution in [1.29, 1.82) is 0 Å². The molecule has 1 aliphatic carbocycles. The van der Waals surface area contributed by atoms with Crippen molar-refractivity contribution in [2.45, 2.75) is 24.7 Å². The highest BCUT2D eigenvalue weighted by Gasteiger charge is 2.42. The number of nitrogens with one attached hydrogen (secondary N) is 1. The zero-order valence-electron chi connectivity index (χ0n) is 17.5. The number of benzene rings is 1. The molecule has 9 nitrogen and oxygen atoms in total. The molecule has 0 aliphatic heterocycles. The van der Waals surface area contributed by atoms with E-state index >= 15 is 0 Å². The third kappa shape index (κ3) is 4.28. The molecular formula is C23H25N7O2. The maximum Gasteiger partial charge on any atom is 0.278 e. The second kappa shape index (κ2) is 9.11. The lowest BCUT2D eigenvalue weighted by atomic mass is 9.63. The molecule has 4 rings (SSSR count). The van der Waals surface area contributed by atoms with Gasteiger partial charge in [0.1, 0.15) is 11.7 Å². The van der Waals surface area contributed by atoms with Gasteiger partial charge in [-0.3, -0.25) is 4.79 Å². The van der Waals surface area contributed by atoms with Crippen molar-refractivity contribution in [2.24, 2.45) is 10.7 Å². The number of aliphatic hydroxyl groups excluding tert-OH is 1. The molecule has 32 heavy (non-hydrogen) atoms. The molecule has 0 atom stereocenters. The van der Waals surface area contributed by atoms with Crippen LogP contribution < -0.4 is 16.8 Å². The Morgan fingerprint density at radius 2 is 1.81 bits per heavy atom. The number of nitrogens with two attached hydrogens (primary N) is 2. The Labute approximate surface area is 185 Å². The number of hydrogen-bond acceptors (Lipinski definition) is 7. The molecule has 2 aromatic heterocycles. The fourth-order valence-corrected chi connectivity index (χ4v) is 3.82. The van der Waals surface area contributed by atoms with Crippen LogP contribution in [0.25, 0.3) is 11.1 Å². The lowest BCUT2D eigenvalue weighted by molar-refractivity contribution is 0.100. The Hall–Kier alpha value is -3.85. The average Bonchev–Trinajstić information content (AvgIpc) is 2.78. The standard InChI is InChI=1S/C23H25N7O2/c24-21(30-20(32)16-6-9-26-19(12-16)27-10-11-31)23(7-1-8-23)18-4-2-15(3-5-18)17-13-28-22(25)29-14-17/h2-6,9,12-14,31H,1,7-8,10-11H2,(H,26,27)(H2,24,30,32)(H2,25,28,29). The summed E-state index contributed by atoms with van der Waals surface area (Å²) >= 11 is 0. The number of aliphatic imine (C=N–C) groups is 1. The molecule has 0 spiro atoms. The van der Waals surface area contributed by atoms with Crippen LogP contribution in [0.5, 0.6) is 0 Å². The van der Waals surface area contributed by atoms with Crippen molar-refractivity contribution >= 4 is 23.5 Å². The van der Waals surface area contributed by atoms with Crippen molar-refractivity contribution in [1.82, 2.24) is 15.0 Å². The number of amides is 1. The number of anilines is 2. The fraction of sp³-hybridized carbons (Fsp3) is 0.261. The number of rotatable bonds is 7. The van der Waals surface area contributed by atoms with Gasteiger partial charge in [0.05, 0.1) is 12.0 Å². The Bertz CT molecular complexity index is 1120. The number of hydrogen-bond donors (Lipinski definition) is 4. The van der Waals surface area contributed by atoms with Crippen LogP contribution in [0.2, 0.25) is 0 Å². The molecule has 6 N–H and O–H groups in total. The van der Waals surface area contributed by atoms with Gasteiger partial charge in [-0.2, -0.15) is 4.99 Å². The Kier molecular flexibility index (Phi) is 6.09. The summed E-state index contributed by atoms with van der Waals surface area (Å²) in [5.74, 6) is 0.634. The van der Waals surface area contributed by atoms with Crippen LogP contribution >= 0.6 is 0 Å². The largest absolute Gasteiger partial charge is 0.395 e. The Morgan fingerprint density at radius 3 is 2.44 bits per heavy atom. The van der Waals surface area contributed by atoms with Gasteiger partial charge in [0, 0.05) is 36.3 Å². The zero-order valence-corrected chi connectivity index (χ0v) is 17.5. The molecular weight excluding hydrogens is 406 g/mol. The molecule has 0 saturated heterocycles. The van der Waals surface area contributed by atoms with Crippen LogP contribution in [0.1, 0.15) is 35.2 Å². The monoisotopic (exact) mass is 431 g/mol. The van der Waals surface area contributed by atoms with Crippen LogP contribution in [0, 0.1) is 0 Å². The predicted octanol–water partition coefficient (Wildman–Crippen LogP) is 2.14. The maximum atomic E-state index is 12.8. The first kappa shape index (κ1) is 21.4. The van der Waals surface area contributed by atoms with Crippen LogP contribution in [0.3, 0.4) is 0 Å². The van der Waals surface area contributed by atoms with Gasteiger partial charge in [-0.05, 0) is 36.1 Å². The van der Waals surface area contributed by atoms with Crippen molar-refractivity contribution < 1.29 is 9.90 Å². The smallest absolute Gasteiger partial charge is 0.278 e. The van der Waals surface area contributed by atoms with Gasteiger partial charge < -0.3 is 21.9 Å². The number of carbonyl (C=O) groups excluding carboxylic acids is 1. The first-order chi connectivity index (χ1) is 15.5. The minimum Gasteiger partial charge on any atom is -0.395 e. The number of pyridine rings is 1. The zero-order chi connectivity index (χ0) is 22.6. The number of nitrogen functional groups attached to an aromatic ring is 1. The molecule has 0 radical (unpaired) electrons. The van der Waals surface area contributed by atoms with Gasteiger partial charge in [-0.1, -0.05) is 30.7 Å². The number of aliphatic hydroxyl groups is 1. The van der Waals surface area contributed by atoms with E-state index in [0.717, 1.165) is 36.0 Å². The van der Waals surface area contributed by atoms with Gasteiger partial charge in [0.15, 0.2) is 0 Å². The number of carbonyl (C=O) groups is 1. The van der Waals surface area contributed by atoms with E-state index in [-0.39, 0.29) is 12.6 Å². The van der Waals surface area contributed by atoms with E-state index in [9.17, 15) is 4.79 Å². The van der Waals surface area contributed by atoms with Crippen molar-refractivity contribution in [2.75, 3.05) is 24.2 Å². The second-order valence-corrected chi connectivity index (χ2v) is 7.73. The molecule has 164 valence electrons. The predicted molar refractivity (Wildman–Crippen MR) is 123 cm³/mol. The molecule has 1 amide bonds. The minimum atomic E-state index is -0.448. The quantitative estimate of drug-likeness (QED) is 0.328. The second-order valence-electron chi connectivity index (χ2n) is 7.73. The van der Waals surface area contributed by atoms with Crippen LogP contribution in [0.4, 0.5) is 11.8 Å². The van der Waals surface area contributed by atoms with E-state index in [4.69, 9.17) is 16.6 Å². The van der Waals surface area contributed by atoms with Crippen molar-refractivity contribution in [3.8, 4) is 11.1 Å². The highest BCUT2D eigenvalue weighted by atomic mass is 16.3. The molecule has 1 saturated carbocycles. The summed E-state index contributed by atoms with van der Waals surface area (Å²) in [6.07, 6.45) is 7.58. The van der Waals surface area contributed by atoms with Crippen LogP contribution in [0.15, 0.2) is 60.0 Å². The van der Waals surface area contributed by atoms with Gasteiger partial charge in [0.2, 0.25) is 5.95 Å². The fourth-order valence-electron chi connectivity index (χ4n) is 3.82. The van der Waals surface area contributed by atoms with Crippen molar-refractivity contribution in [3.63, 3.8) is 0 Å². The molecule has 1 fully saturated rings. The average molecular weight is 432 g/mol. The van der Waals surface area contributed by atoms with E-state index in [1.165, 1.54) is 6.20 Å². The number of amidine groups is 1. The Morgan fingerprint density at radius 1 is 1.09 bits per heavy atom. The molecule has 0 bridgehead atoms. The normalized spacial score (nSPS) is 15.1. The SMILES string of the molecule is NC(=NC(=O)c1ccnc(NCCO)c1)C1(c2ccc(-c3cnc(N)nc3)cc2)CCC1. The summed E-state index contributed by atoms with van der Waals surface area (Å²) in [6.45, 7) is 0.315. The summed E-state index contributed by atoms with van der Waals surface area (Å²) in [4.78, 5) is 29.2. The van der Waals surface area contributed by atoms with E-state index < -0.39 is 11.3 Å². The third-order valence-corrected chi connectivity index (χ3v) is 5.79. The van der Waals surface area contributed by atoms with Gasteiger partial charge in [-0.15, -0.1) is 0 Å². The highest BCUT2D eigenvalue weighted by Crippen LogP contribution is 2.44. The summed E-state index contributed by atoms with van der Waals surface area (Å²) in [5, 5.41) is 11.9. The number of aromatic nitrogens is 3. The molecule has 9 heteroatoms. The first-order valence-electron chi connectivity index (χ1n) is 10.4. The molecule has 1 aromatic carbocycles. The molecule has 2 heterocycles. The maximum absolute atomic E-state index is 12.8. The summed E-state index contributed by atoms with van der Waals surface area (Å²) in [6, 6.07) is 11.2. The lowest BCUT2D eigenvalue weighted by Crippen LogP contribution is -2.47. The summed E-state index contributed by atoms with van der Waals surface area (Å²) < 4.78 is 0. The molecule has 1 aliphatic rings. The van der Waals surface area contributed by atoms with E-state index in [2.05, 4.69) is 25.3 Å². The topological polar surface area (TPSA) is 152 Å². The van der Waals surface area contributed by atoms with E-state index in [0.29, 0.717) is 23.8 Å². The van der Waals surface area contributed by atoms with Gasteiger partial charge in [-0.25, -0.2) is 15.0 Å². The minimum absolute atomic E-state index is 0.0301. The lowest BCUT2D eigenvalue weighted by Gasteiger charge is -2.41. The van der Waals surface area contributed by atoms with Crippen LogP contribution in [-0.4, -0.2) is 45.0 Å². The van der Waals surface area contributed by atoms with Crippen LogP contribution in [-0.2, 0) is 5.41 Å². The summed E-state index contributed by atoms with van der Waals surface area (Å²) in [5.41, 5.74) is 14.8.